The number of nitrogens with one attached hydrogen (secondary N) is 7. The molecule has 2 heterocycles. The first-order valence-corrected chi connectivity index (χ1v) is 31.4. The fraction of sp³-hybridized carbons (Fsp3) is 0.484. The van der Waals surface area contributed by atoms with E-state index >= 15 is 0 Å². The van der Waals surface area contributed by atoms with E-state index in [-0.39, 0.29) is 134 Å². The van der Waals surface area contributed by atoms with Gasteiger partial charge in [0.05, 0.1) is 26.2 Å². The first-order valence-electron chi connectivity index (χ1n) is 31.4. The Hall–Kier alpha value is -9.33. The number of carboxylic acid groups (broad SMARTS) is 3. The topological polar surface area (TPSA) is 437 Å². The fourth-order valence-corrected chi connectivity index (χ4v) is 11.0. The molecule has 2 aliphatic heterocycles. The number of aliphatic carboxylic acids is 3. The molecule has 2 aliphatic rings. The summed E-state index contributed by atoms with van der Waals surface area (Å²) in [6.07, 6.45) is 0.327. The van der Waals surface area contributed by atoms with Crippen LogP contribution >= 0.6 is 0 Å². The number of hydrogen-bond acceptors (Lipinski definition) is 18. The maximum absolute atomic E-state index is 14.7. The Morgan fingerprint density at radius 1 is 0.617 bits per heavy atom. The minimum atomic E-state index is -1.28. The SMILES string of the molecule is CN1C(=O)[C@@H](Cc2ccc(O)cc2)NC(=O)CNC(=O)[C@H](Cc2ccc3ccccc3c2)NC(=O)[C@H](CCCN=C(N)N)NC(=O)[C@H]1CCCNC(=O)c1ccc(NC(=O)CCCCNC(O)CN2CCN(CC(=O)O)CCN(CC(=O)O)CCN(CC(=O)O)CC2)cc1. The molecule has 0 bridgehead atoms. The zero-order valence-corrected chi connectivity index (χ0v) is 52.9. The van der Waals surface area contributed by atoms with Gasteiger partial charge in [-0.3, -0.25) is 77.9 Å². The Morgan fingerprint density at radius 2 is 1.19 bits per heavy atom. The highest BCUT2D eigenvalue weighted by molar-refractivity contribution is 5.98. The van der Waals surface area contributed by atoms with Crippen LogP contribution in [0.4, 0.5) is 5.69 Å². The van der Waals surface area contributed by atoms with Crippen LogP contribution in [0.2, 0.25) is 0 Å². The number of nitrogens with zero attached hydrogens (tertiary/aromatic N) is 6. The van der Waals surface area contributed by atoms with Crippen LogP contribution in [0.25, 0.3) is 10.8 Å². The first kappa shape index (κ1) is 73.7. The van der Waals surface area contributed by atoms with Gasteiger partial charge in [-0.1, -0.05) is 54.6 Å². The summed E-state index contributed by atoms with van der Waals surface area (Å²) in [6.45, 7) is 1.56. The number of aliphatic hydroxyl groups is 1. The molecular weight excluding hydrogens is 1220 g/mol. The highest BCUT2D eigenvalue weighted by atomic mass is 16.4. The van der Waals surface area contributed by atoms with Gasteiger partial charge < -0.3 is 73.8 Å². The number of amides is 7. The number of nitrogens with two attached hydrogens (primary N) is 2. The number of likely N-dealkylation sites (N-methyl/N-ethyl adjacent to an activating group) is 1. The summed E-state index contributed by atoms with van der Waals surface area (Å²) >= 11 is 0. The van der Waals surface area contributed by atoms with Crippen molar-refractivity contribution in [3.8, 4) is 5.75 Å². The predicted octanol–water partition coefficient (Wildman–Crippen LogP) is -1.50. The van der Waals surface area contributed by atoms with Gasteiger partial charge in [0.15, 0.2) is 5.96 Å². The molecule has 0 aliphatic carbocycles. The summed E-state index contributed by atoms with van der Waals surface area (Å²) < 4.78 is 0. The van der Waals surface area contributed by atoms with Gasteiger partial charge in [-0.15, -0.1) is 0 Å². The van der Waals surface area contributed by atoms with E-state index in [1.807, 2.05) is 47.4 Å². The second kappa shape index (κ2) is 38.0. The maximum Gasteiger partial charge on any atom is 0.317 e. The molecule has 0 radical (unpaired) electrons. The van der Waals surface area contributed by atoms with Gasteiger partial charge in [0.25, 0.3) is 5.91 Å². The number of fused-ring (bicyclic) bond motifs is 1. The van der Waals surface area contributed by atoms with E-state index in [4.69, 9.17) is 11.5 Å². The van der Waals surface area contributed by atoms with Crippen molar-refractivity contribution in [1.82, 2.24) is 56.4 Å². The predicted molar refractivity (Wildman–Crippen MR) is 348 cm³/mol. The lowest BCUT2D eigenvalue weighted by atomic mass is 10.00. The summed E-state index contributed by atoms with van der Waals surface area (Å²) in [5, 5.41) is 70.9. The minimum absolute atomic E-state index is 0.00153. The normalized spacial score (nSPS) is 19.3. The summed E-state index contributed by atoms with van der Waals surface area (Å²) in [6, 6.07) is 20.3. The summed E-state index contributed by atoms with van der Waals surface area (Å²) in [5.41, 5.74) is 13.1. The summed E-state index contributed by atoms with van der Waals surface area (Å²) in [7, 11) is 1.39. The molecule has 30 heteroatoms. The van der Waals surface area contributed by atoms with Gasteiger partial charge >= 0.3 is 17.9 Å². The lowest BCUT2D eigenvalue weighted by Crippen LogP contribution is -2.58. The highest BCUT2D eigenvalue weighted by Gasteiger charge is 2.36. The number of benzene rings is 4. The fourth-order valence-electron chi connectivity index (χ4n) is 11.0. The van der Waals surface area contributed by atoms with Gasteiger partial charge in [-0.2, -0.15) is 0 Å². The molecule has 16 N–H and O–H groups in total. The number of carbonyl (C=O) groups excluding carboxylic acids is 7. The number of unbranched alkanes of at least 4 members (excludes halogenated alkanes) is 1. The molecule has 7 amide bonds. The van der Waals surface area contributed by atoms with Gasteiger partial charge in [0, 0.05) is 110 Å². The monoisotopic (exact) mass is 1310 g/mol. The number of hydrogen-bond donors (Lipinski definition) is 14. The minimum Gasteiger partial charge on any atom is -0.508 e. The van der Waals surface area contributed by atoms with Crippen molar-refractivity contribution < 1.29 is 73.5 Å². The molecule has 30 nitrogen and oxygen atoms in total. The molecule has 0 spiro atoms. The number of guanidine groups is 1. The number of phenolic OH excluding ortho intramolecular Hbond substituents is 1. The molecule has 5 atom stereocenters. The molecule has 4 aromatic carbocycles. The van der Waals surface area contributed by atoms with Crippen molar-refractivity contribution in [2.45, 2.75) is 88.2 Å². The highest BCUT2D eigenvalue weighted by Crippen LogP contribution is 2.20. The quantitative estimate of drug-likeness (QED) is 0.0133. The summed E-state index contributed by atoms with van der Waals surface area (Å²) in [5.74, 6) is -7.72. The number of aliphatic imine (C=N–C) groups is 1. The van der Waals surface area contributed by atoms with Crippen molar-refractivity contribution in [3.05, 3.63) is 108 Å². The van der Waals surface area contributed by atoms with E-state index in [1.54, 1.807) is 39.0 Å². The lowest BCUT2D eigenvalue weighted by molar-refractivity contribution is -0.142. The van der Waals surface area contributed by atoms with E-state index in [0.29, 0.717) is 62.4 Å². The van der Waals surface area contributed by atoms with Crippen LogP contribution in [0.1, 0.15) is 66.4 Å². The van der Waals surface area contributed by atoms with Crippen LogP contribution in [0, 0.1) is 0 Å². The number of anilines is 1. The van der Waals surface area contributed by atoms with Crippen molar-refractivity contribution in [3.63, 3.8) is 0 Å². The van der Waals surface area contributed by atoms with E-state index < -0.39 is 90.3 Å². The van der Waals surface area contributed by atoms with Gasteiger partial charge in [0.1, 0.15) is 36.1 Å². The third-order valence-corrected chi connectivity index (χ3v) is 16.0. The molecule has 94 heavy (non-hydrogen) atoms. The maximum atomic E-state index is 14.7. The third-order valence-electron chi connectivity index (χ3n) is 16.0. The second-order valence-electron chi connectivity index (χ2n) is 23.4. The van der Waals surface area contributed by atoms with Crippen LogP contribution in [0.15, 0.2) is 96.0 Å². The Kier molecular flexibility index (Phi) is 29.8. The Labute approximate surface area is 544 Å². The third kappa shape index (κ3) is 26.0. The number of carbonyl (C=O) groups is 10. The molecular formula is C64H89N15O15. The van der Waals surface area contributed by atoms with Crippen molar-refractivity contribution in [2.24, 2.45) is 16.5 Å². The molecule has 2 saturated heterocycles. The number of aromatic hydroxyl groups is 1. The van der Waals surface area contributed by atoms with Crippen LogP contribution in [0.3, 0.4) is 0 Å². The van der Waals surface area contributed by atoms with Crippen molar-refractivity contribution in [1.29, 1.82) is 0 Å². The zero-order valence-electron chi connectivity index (χ0n) is 52.9. The molecule has 510 valence electrons. The molecule has 6 rings (SSSR count). The Bertz CT molecular complexity index is 3210. The van der Waals surface area contributed by atoms with Crippen LogP contribution in [-0.4, -0.2) is 257 Å². The van der Waals surface area contributed by atoms with E-state index in [2.05, 4.69) is 42.2 Å². The van der Waals surface area contributed by atoms with Gasteiger partial charge in [0.2, 0.25) is 35.4 Å². The number of carboxylic acids is 3. The second-order valence-corrected chi connectivity index (χ2v) is 23.4. The Morgan fingerprint density at radius 3 is 1.80 bits per heavy atom. The molecule has 0 saturated carbocycles. The first-order chi connectivity index (χ1) is 45.0. The van der Waals surface area contributed by atoms with Gasteiger partial charge in [-0.05, 0) is 103 Å². The molecule has 1 unspecified atom stereocenters. The summed E-state index contributed by atoms with van der Waals surface area (Å²) in [4.78, 5) is 145. The number of aliphatic hydroxyl groups excluding tert-OH is 1. The van der Waals surface area contributed by atoms with Crippen LogP contribution in [0.5, 0.6) is 5.75 Å². The standard InChI is InChI=1S/C64H89N15O15/c1-75-52(62(93)73-49(10-6-25-69-64(65)66)61(92)74-50(36-43-13-16-44-8-2-3-9-46(44)34-43)60(91)70-37-54(82)72-51(63(75)94)35-42-14-21-48(80)22-15-42)11-7-24-68-59(90)45-17-19-47(20-18-45)71-53(81)12-4-5-23-67-55(83)38-76-26-28-77(39-56(84)85)30-32-79(41-58(88)89)33-31-78(29-27-76)40-57(86)87/h2-3,8-9,13-22,34,49-52,55,67,80,83H,4-7,10-12,23-33,35-41H2,1H3,(H,68,90)(H,70,91)(H,71,81)(H,72,82)(H,73,93)(H,74,92)(H,84,85)(H,86,87)(H,88,89)(H4,65,66,69)/t49-,50-,51+,52+,55?/m0/s1. The number of phenols is 1. The van der Waals surface area contributed by atoms with E-state index in [9.17, 15) is 73.5 Å². The van der Waals surface area contributed by atoms with Crippen LogP contribution < -0.4 is 48.7 Å². The number of β-amino-alcohol motifs (C(OH)–C–C–N with tert-alkyl or cyclic N) is 1. The Balaban J connectivity index is 1.04. The van der Waals surface area contributed by atoms with E-state index in [1.165, 1.54) is 36.2 Å². The van der Waals surface area contributed by atoms with Crippen molar-refractivity contribution >= 4 is 81.7 Å². The average molecular weight is 1310 g/mol. The van der Waals surface area contributed by atoms with Gasteiger partial charge in [-0.25, -0.2) is 0 Å². The smallest absolute Gasteiger partial charge is 0.317 e. The average Bonchev–Trinajstić information content (AvgIpc) is 1.12. The molecule has 2 fully saturated rings. The molecule has 0 aromatic heterocycles. The lowest BCUT2D eigenvalue weighted by Gasteiger charge is -2.33. The zero-order chi connectivity index (χ0) is 68.1. The van der Waals surface area contributed by atoms with E-state index in [0.717, 1.165) is 10.8 Å². The largest absolute Gasteiger partial charge is 0.508 e. The van der Waals surface area contributed by atoms with Crippen LogP contribution in [-0.2, 0) is 56.0 Å². The number of rotatable bonds is 28. The molecule has 4 aromatic rings. The van der Waals surface area contributed by atoms with Crippen molar-refractivity contribution in [2.75, 3.05) is 117 Å².